The molecule has 1 saturated carbocycles. The lowest BCUT2D eigenvalue weighted by atomic mass is 9.76. The Kier molecular flexibility index (Phi) is 5.34. The van der Waals surface area contributed by atoms with Gasteiger partial charge in [-0.3, -0.25) is 4.55 Å². The van der Waals surface area contributed by atoms with E-state index in [-0.39, 0.29) is 12.0 Å². The van der Waals surface area contributed by atoms with E-state index in [2.05, 4.69) is 11.1 Å². The van der Waals surface area contributed by atoms with Crippen LogP contribution in [0, 0.1) is 5.92 Å². The Labute approximate surface area is 126 Å². The molecule has 20 heavy (non-hydrogen) atoms. The number of hydrogen-bond acceptors (Lipinski definition) is 3. The molecule has 0 radical (unpaired) electrons. The maximum absolute atomic E-state index is 10.7. The summed E-state index contributed by atoms with van der Waals surface area (Å²) in [6.07, 6.45) is 5.79. The molecule has 0 aromatic rings. The molecule has 0 amide bonds. The summed E-state index contributed by atoms with van der Waals surface area (Å²) in [5, 5.41) is 0.251. The SMILES string of the molecule is CC[N+]1(CCOS(=O)(=O)O)CCC(Cl)C2CCCCC21. The molecule has 118 valence electrons. The fourth-order valence-electron chi connectivity index (χ4n) is 4.15. The zero-order chi connectivity index (χ0) is 14.8. The van der Waals surface area contributed by atoms with Crippen molar-refractivity contribution in [1.82, 2.24) is 0 Å². The number of alkyl halides is 1. The molecule has 4 atom stereocenters. The number of likely N-dealkylation sites (N-methyl/N-ethyl adjacent to an activating group) is 1. The number of hydrogen-bond donors (Lipinski definition) is 1. The van der Waals surface area contributed by atoms with Crippen molar-refractivity contribution in [2.75, 3.05) is 26.2 Å². The first-order valence-corrected chi connectivity index (χ1v) is 9.30. The first-order chi connectivity index (χ1) is 9.38. The van der Waals surface area contributed by atoms with Crippen molar-refractivity contribution < 1.29 is 21.6 Å². The van der Waals surface area contributed by atoms with Crippen molar-refractivity contribution >= 4 is 22.0 Å². The van der Waals surface area contributed by atoms with Gasteiger partial charge in [-0.05, 0) is 26.2 Å². The minimum absolute atomic E-state index is 0.0445. The van der Waals surface area contributed by atoms with E-state index >= 15 is 0 Å². The zero-order valence-electron chi connectivity index (χ0n) is 12.0. The van der Waals surface area contributed by atoms with Crippen LogP contribution in [0.5, 0.6) is 0 Å². The minimum atomic E-state index is -4.34. The quantitative estimate of drug-likeness (QED) is 0.478. The molecule has 1 aliphatic heterocycles. The van der Waals surface area contributed by atoms with Gasteiger partial charge >= 0.3 is 10.4 Å². The number of rotatable bonds is 5. The monoisotopic (exact) mass is 326 g/mol. The van der Waals surface area contributed by atoms with E-state index in [1.54, 1.807) is 0 Å². The lowest BCUT2D eigenvalue weighted by Gasteiger charge is -2.53. The highest BCUT2D eigenvalue weighted by molar-refractivity contribution is 7.80. The highest BCUT2D eigenvalue weighted by Crippen LogP contribution is 2.41. The summed E-state index contributed by atoms with van der Waals surface area (Å²) >= 11 is 6.50. The third-order valence-corrected chi connectivity index (χ3v) is 6.20. The first-order valence-electron chi connectivity index (χ1n) is 7.49. The fraction of sp³-hybridized carbons (Fsp3) is 1.00. The number of halogens is 1. The third kappa shape index (κ3) is 3.65. The average molecular weight is 327 g/mol. The van der Waals surface area contributed by atoms with Gasteiger partial charge in [-0.25, -0.2) is 4.18 Å². The molecule has 1 N–H and O–H groups in total. The summed E-state index contributed by atoms with van der Waals surface area (Å²) in [6.45, 7) is 4.75. The van der Waals surface area contributed by atoms with E-state index in [1.807, 2.05) is 0 Å². The van der Waals surface area contributed by atoms with Gasteiger partial charge in [-0.15, -0.1) is 11.6 Å². The third-order valence-electron chi connectivity index (χ3n) is 5.20. The number of quaternary nitrogens is 1. The molecule has 0 aromatic carbocycles. The van der Waals surface area contributed by atoms with Crippen molar-refractivity contribution in [2.45, 2.75) is 50.4 Å². The highest BCUT2D eigenvalue weighted by Gasteiger charge is 2.48. The minimum Gasteiger partial charge on any atom is -0.319 e. The Balaban J connectivity index is 2.07. The van der Waals surface area contributed by atoms with Gasteiger partial charge in [-0.1, -0.05) is 6.42 Å². The van der Waals surface area contributed by atoms with E-state index in [0.717, 1.165) is 30.4 Å². The number of likely N-dealkylation sites (tertiary alicyclic amines) is 1. The summed E-state index contributed by atoms with van der Waals surface area (Å²) in [7, 11) is -4.34. The van der Waals surface area contributed by atoms with Crippen LogP contribution >= 0.6 is 11.6 Å². The van der Waals surface area contributed by atoms with Gasteiger partial charge in [0.2, 0.25) is 0 Å². The Morgan fingerprint density at radius 3 is 2.65 bits per heavy atom. The van der Waals surface area contributed by atoms with Crippen LogP contribution in [0.3, 0.4) is 0 Å². The predicted octanol–water partition coefficient (Wildman–Crippen LogP) is 2.21. The van der Waals surface area contributed by atoms with E-state index < -0.39 is 10.4 Å². The summed E-state index contributed by atoms with van der Waals surface area (Å²) < 4.78 is 35.5. The Morgan fingerprint density at radius 2 is 2.00 bits per heavy atom. The van der Waals surface area contributed by atoms with Gasteiger partial charge in [0, 0.05) is 17.7 Å². The Bertz CT molecular complexity index is 430. The topological polar surface area (TPSA) is 63.6 Å². The van der Waals surface area contributed by atoms with Crippen molar-refractivity contribution in [3.8, 4) is 0 Å². The van der Waals surface area contributed by atoms with E-state index in [4.69, 9.17) is 16.2 Å². The molecule has 4 unspecified atom stereocenters. The standard InChI is InChI=1S/C13H24ClNO4S/c1-2-15(9-10-19-20(16,17)18)8-7-12(14)11-5-3-4-6-13(11)15/h11-13H,2-10H2,1H3/p+1. The fourth-order valence-corrected chi connectivity index (χ4v) is 4.83. The first kappa shape index (κ1) is 16.5. The van der Waals surface area contributed by atoms with Gasteiger partial charge in [0.15, 0.2) is 0 Å². The van der Waals surface area contributed by atoms with Crippen molar-refractivity contribution in [2.24, 2.45) is 5.92 Å². The average Bonchev–Trinajstić information content (AvgIpc) is 2.41. The smallest absolute Gasteiger partial charge is 0.319 e. The maximum atomic E-state index is 10.7. The normalized spacial score (nSPS) is 38.5. The molecule has 1 saturated heterocycles. The van der Waals surface area contributed by atoms with Crippen molar-refractivity contribution in [3.05, 3.63) is 0 Å². The molecule has 1 heterocycles. The van der Waals surface area contributed by atoms with Crippen molar-refractivity contribution in [3.63, 3.8) is 0 Å². The Morgan fingerprint density at radius 1 is 1.30 bits per heavy atom. The maximum Gasteiger partial charge on any atom is 0.397 e. The van der Waals surface area contributed by atoms with E-state index in [1.165, 1.54) is 19.3 Å². The van der Waals surface area contributed by atoms with Crippen molar-refractivity contribution in [1.29, 1.82) is 0 Å². The van der Waals surface area contributed by atoms with Gasteiger partial charge in [0.25, 0.3) is 0 Å². The van der Waals surface area contributed by atoms with Crippen LogP contribution in [0.1, 0.15) is 39.0 Å². The molecular weight excluding hydrogens is 302 g/mol. The summed E-state index contributed by atoms with van der Waals surface area (Å²) in [5.41, 5.74) is 0. The molecule has 0 spiro atoms. The number of fused-ring (bicyclic) bond motifs is 1. The van der Waals surface area contributed by atoms with Crippen LogP contribution in [-0.4, -0.2) is 55.1 Å². The second-order valence-corrected chi connectivity index (χ2v) is 7.70. The van der Waals surface area contributed by atoms with Gasteiger partial charge in [0.1, 0.15) is 13.2 Å². The summed E-state index contributed by atoms with van der Waals surface area (Å²) in [4.78, 5) is 0. The number of piperidine rings is 1. The lowest BCUT2D eigenvalue weighted by Crippen LogP contribution is -2.65. The largest absolute Gasteiger partial charge is 0.397 e. The van der Waals surface area contributed by atoms with Crippen LogP contribution in [-0.2, 0) is 14.6 Å². The summed E-state index contributed by atoms with van der Waals surface area (Å²) in [5.74, 6) is 0.532. The van der Waals surface area contributed by atoms with Gasteiger partial charge < -0.3 is 4.48 Å². The van der Waals surface area contributed by atoms with E-state index in [0.29, 0.717) is 18.5 Å². The van der Waals surface area contributed by atoms with Crippen LogP contribution in [0.4, 0.5) is 0 Å². The van der Waals surface area contributed by atoms with Gasteiger partial charge in [0.05, 0.1) is 19.1 Å². The lowest BCUT2D eigenvalue weighted by molar-refractivity contribution is -0.959. The van der Waals surface area contributed by atoms with E-state index in [9.17, 15) is 8.42 Å². The molecule has 1 aliphatic carbocycles. The zero-order valence-corrected chi connectivity index (χ0v) is 13.6. The molecule has 5 nitrogen and oxygen atoms in total. The molecule has 0 bridgehead atoms. The molecule has 2 rings (SSSR count). The molecule has 2 fully saturated rings. The second kappa shape index (κ2) is 6.48. The molecule has 7 heteroatoms. The van der Waals surface area contributed by atoms with Crippen LogP contribution < -0.4 is 0 Å². The van der Waals surface area contributed by atoms with Crippen LogP contribution in [0.25, 0.3) is 0 Å². The second-order valence-electron chi connectivity index (χ2n) is 6.05. The number of nitrogens with zero attached hydrogens (tertiary/aromatic N) is 1. The van der Waals surface area contributed by atoms with Crippen LogP contribution in [0.2, 0.25) is 0 Å². The Hall–Kier alpha value is 0.120. The molecule has 2 aliphatic rings. The van der Waals surface area contributed by atoms with Gasteiger partial charge in [-0.2, -0.15) is 8.42 Å². The predicted molar refractivity (Wildman–Crippen MR) is 78.0 cm³/mol. The van der Waals surface area contributed by atoms with Crippen LogP contribution in [0.15, 0.2) is 0 Å². The highest BCUT2D eigenvalue weighted by atomic mass is 35.5. The molecular formula is C13H25ClNO4S+. The summed E-state index contributed by atoms with van der Waals surface area (Å²) in [6, 6.07) is 0.509. The molecule has 0 aromatic heterocycles.